The van der Waals surface area contributed by atoms with Crippen LogP contribution in [0.25, 0.3) is 11.4 Å². The molecule has 1 N–H and O–H groups in total. The highest BCUT2D eigenvalue weighted by molar-refractivity contribution is 6.04. The van der Waals surface area contributed by atoms with Crippen molar-refractivity contribution in [1.82, 2.24) is 25.2 Å². The van der Waals surface area contributed by atoms with Gasteiger partial charge in [-0.2, -0.15) is 0 Å². The Kier molecular flexibility index (Phi) is 3.96. The molecule has 2 heterocycles. The summed E-state index contributed by atoms with van der Waals surface area (Å²) in [5.74, 6) is 0.818. The second-order valence-electron chi connectivity index (χ2n) is 4.75. The number of aryl methyl sites for hydroxylation is 1. The first-order chi connectivity index (χ1) is 11.2. The van der Waals surface area contributed by atoms with E-state index in [1.54, 1.807) is 36.0 Å². The molecule has 116 valence electrons. The second kappa shape index (κ2) is 6.22. The van der Waals surface area contributed by atoms with Crippen molar-refractivity contribution in [2.75, 3.05) is 12.4 Å². The van der Waals surface area contributed by atoms with E-state index in [2.05, 4.69) is 25.8 Å². The van der Waals surface area contributed by atoms with E-state index in [0.29, 0.717) is 23.0 Å². The Morgan fingerprint density at radius 3 is 2.78 bits per heavy atom. The third-order valence-corrected chi connectivity index (χ3v) is 3.21. The van der Waals surface area contributed by atoms with Crippen molar-refractivity contribution in [1.29, 1.82) is 0 Å². The number of carbonyl (C=O) groups excluding carboxylic acids is 1. The van der Waals surface area contributed by atoms with Gasteiger partial charge in [-0.25, -0.2) is 9.67 Å². The molecule has 0 unspecified atom stereocenters. The molecule has 0 spiro atoms. The second-order valence-corrected chi connectivity index (χ2v) is 4.75. The van der Waals surface area contributed by atoms with Crippen molar-refractivity contribution in [2.45, 2.75) is 0 Å². The number of carbonyl (C=O) groups is 1. The molecule has 0 saturated carbocycles. The maximum absolute atomic E-state index is 12.2. The van der Waals surface area contributed by atoms with Gasteiger partial charge in [0.2, 0.25) is 5.88 Å². The highest BCUT2D eigenvalue weighted by atomic mass is 16.5. The SMILES string of the molecule is COc1ccc(C(=O)Nc2cccc(-c3nnnn3C)c2)cn1. The third kappa shape index (κ3) is 3.15. The fourth-order valence-electron chi connectivity index (χ4n) is 2.05. The fourth-order valence-corrected chi connectivity index (χ4v) is 2.05. The number of aromatic nitrogens is 5. The Morgan fingerprint density at radius 1 is 1.26 bits per heavy atom. The van der Waals surface area contributed by atoms with E-state index in [9.17, 15) is 4.79 Å². The molecule has 2 aromatic heterocycles. The topological polar surface area (TPSA) is 94.8 Å². The maximum Gasteiger partial charge on any atom is 0.257 e. The molecule has 3 aromatic rings. The molecule has 1 amide bonds. The molecule has 0 radical (unpaired) electrons. The number of tetrazole rings is 1. The van der Waals surface area contributed by atoms with Crippen LogP contribution in [0.1, 0.15) is 10.4 Å². The Labute approximate surface area is 132 Å². The summed E-state index contributed by atoms with van der Waals surface area (Å²) < 4.78 is 6.54. The van der Waals surface area contributed by atoms with Crippen LogP contribution in [0.2, 0.25) is 0 Å². The van der Waals surface area contributed by atoms with Crippen LogP contribution in [-0.4, -0.2) is 38.2 Å². The third-order valence-electron chi connectivity index (χ3n) is 3.21. The van der Waals surface area contributed by atoms with Crippen LogP contribution in [0.15, 0.2) is 42.6 Å². The number of rotatable bonds is 4. The van der Waals surface area contributed by atoms with Crippen molar-refractivity contribution >= 4 is 11.6 Å². The summed E-state index contributed by atoms with van der Waals surface area (Å²) >= 11 is 0. The summed E-state index contributed by atoms with van der Waals surface area (Å²) in [6.07, 6.45) is 1.46. The van der Waals surface area contributed by atoms with Crippen molar-refractivity contribution in [3.8, 4) is 17.3 Å². The Hall–Kier alpha value is -3.29. The van der Waals surface area contributed by atoms with Crippen molar-refractivity contribution in [3.05, 3.63) is 48.2 Å². The van der Waals surface area contributed by atoms with E-state index in [1.165, 1.54) is 13.3 Å². The van der Waals surface area contributed by atoms with Gasteiger partial charge in [0, 0.05) is 30.6 Å². The van der Waals surface area contributed by atoms with E-state index in [-0.39, 0.29) is 5.91 Å². The molecule has 0 bridgehead atoms. The summed E-state index contributed by atoms with van der Waals surface area (Å²) in [6.45, 7) is 0. The van der Waals surface area contributed by atoms with Crippen LogP contribution < -0.4 is 10.1 Å². The Bertz CT molecular complexity index is 828. The lowest BCUT2D eigenvalue weighted by atomic mass is 10.2. The lowest BCUT2D eigenvalue weighted by Gasteiger charge is -2.07. The first kappa shape index (κ1) is 14.6. The van der Waals surface area contributed by atoms with Gasteiger partial charge in [0.1, 0.15) is 0 Å². The average Bonchev–Trinajstić information content (AvgIpc) is 3.01. The van der Waals surface area contributed by atoms with Crippen LogP contribution in [-0.2, 0) is 7.05 Å². The molecule has 3 rings (SSSR count). The van der Waals surface area contributed by atoms with Gasteiger partial charge in [0.05, 0.1) is 12.7 Å². The number of amides is 1. The van der Waals surface area contributed by atoms with Crippen molar-refractivity contribution in [2.24, 2.45) is 7.05 Å². The van der Waals surface area contributed by atoms with Crippen molar-refractivity contribution in [3.63, 3.8) is 0 Å². The first-order valence-corrected chi connectivity index (χ1v) is 6.81. The van der Waals surface area contributed by atoms with Crippen LogP contribution in [0.5, 0.6) is 5.88 Å². The Balaban J connectivity index is 1.80. The highest BCUT2D eigenvalue weighted by Gasteiger charge is 2.10. The van der Waals surface area contributed by atoms with Gasteiger partial charge in [0.25, 0.3) is 5.91 Å². The summed E-state index contributed by atoms with van der Waals surface area (Å²) in [7, 11) is 3.28. The quantitative estimate of drug-likeness (QED) is 0.785. The van der Waals surface area contributed by atoms with Crippen LogP contribution in [0.3, 0.4) is 0 Å². The summed E-state index contributed by atoms with van der Waals surface area (Å²) in [5.41, 5.74) is 1.89. The normalized spacial score (nSPS) is 10.3. The highest BCUT2D eigenvalue weighted by Crippen LogP contribution is 2.20. The monoisotopic (exact) mass is 310 g/mol. The van der Waals surface area contributed by atoms with Crippen LogP contribution in [0.4, 0.5) is 5.69 Å². The largest absolute Gasteiger partial charge is 0.481 e. The number of anilines is 1. The summed E-state index contributed by atoms with van der Waals surface area (Å²) in [4.78, 5) is 16.3. The lowest BCUT2D eigenvalue weighted by Crippen LogP contribution is -2.12. The minimum Gasteiger partial charge on any atom is -0.481 e. The van der Waals surface area contributed by atoms with E-state index < -0.39 is 0 Å². The summed E-state index contributed by atoms with van der Waals surface area (Å²) in [5, 5.41) is 14.2. The molecule has 0 atom stereocenters. The molecule has 0 fully saturated rings. The average molecular weight is 310 g/mol. The molecule has 8 nitrogen and oxygen atoms in total. The smallest absolute Gasteiger partial charge is 0.257 e. The number of ether oxygens (including phenoxy) is 1. The standard InChI is InChI=1S/C15H14N6O2/c1-21-14(18-19-20-21)10-4-3-5-12(8-10)17-15(22)11-6-7-13(23-2)16-9-11/h3-9H,1-2H3,(H,17,22). The molecule has 1 aromatic carbocycles. The molecular weight excluding hydrogens is 296 g/mol. The molecule has 0 aliphatic carbocycles. The lowest BCUT2D eigenvalue weighted by molar-refractivity contribution is 0.102. The number of nitrogens with one attached hydrogen (secondary N) is 1. The van der Waals surface area contributed by atoms with E-state index in [4.69, 9.17) is 4.74 Å². The van der Waals surface area contributed by atoms with Crippen LogP contribution >= 0.6 is 0 Å². The van der Waals surface area contributed by atoms with Gasteiger partial charge < -0.3 is 10.1 Å². The number of hydrogen-bond donors (Lipinski definition) is 1. The fraction of sp³-hybridized carbons (Fsp3) is 0.133. The number of benzene rings is 1. The maximum atomic E-state index is 12.2. The zero-order valence-corrected chi connectivity index (χ0v) is 12.6. The number of nitrogens with zero attached hydrogens (tertiary/aromatic N) is 5. The number of hydrogen-bond acceptors (Lipinski definition) is 6. The van der Waals surface area contributed by atoms with Gasteiger partial charge in [0.15, 0.2) is 5.82 Å². The number of pyridine rings is 1. The molecule has 23 heavy (non-hydrogen) atoms. The van der Waals surface area contributed by atoms with Crippen LogP contribution in [0, 0.1) is 0 Å². The van der Waals surface area contributed by atoms with Gasteiger partial charge >= 0.3 is 0 Å². The molecule has 0 saturated heterocycles. The van der Waals surface area contributed by atoms with E-state index in [0.717, 1.165) is 5.56 Å². The van der Waals surface area contributed by atoms with Gasteiger partial charge in [-0.05, 0) is 28.6 Å². The minimum absolute atomic E-state index is 0.256. The van der Waals surface area contributed by atoms with Gasteiger partial charge in [-0.15, -0.1) is 5.10 Å². The van der Waals surface area contributed by atoms with E-state index >= 15 is 0 Å². The zero-order chi connectivity index (χ0) is 16.2. The molecule has 0 aliphatic rings. The predicted octanol–water partition coefficient (Wildman–Crippen LogP) is 1.53. The molecule has 0 aliphatic heterocycles. The summed E-state index contributed by atoms with van der Waals surface area (Å²) in [6, 6.07) is 10.6. The van der Waals surface area contributed by atoms with Crippen molar-refractivity contribution < 1.29 is 9.53 Å². The first-order valence-electron chi connectivity index (χ1n) is 6.81. The minimum atomic E-state index is -0.256. The zero-order valence-electron chi connectivity index (χ0n) is 12.6. The molecular formula is C15H14N6O2. The number of methoxy groups -OCH3 is 1. The Morgan fingerprint density at radius 2 is 2.13 bits per heavy atom. The predicted molar refractivity (Wildman–Crippen MR) is 83.0 cm³/mol. The van der Waals surface area contributed by atoms with E-state index in [1.807, 2.05) is 12.1 Å². The van der Waals surface area contributed by atoms with Gasteiger partial charge in [-0.1, -0.05) is 12.1 Å². The molecule has 8 heteroatoms. The van der Waals surface area contributed by atoms with Gasteiger partial charge in [-0.3, -0.25) is 4.79 Å².